The predicted octanol–water partition coefficient (Wildman–Crippen LogP) is 3.78. The summed E-state index contributed by atoms with van der Waals surface area (Å²) in [6.45, 7) is 2.35. The molecule has 0 aromatic heterocycles. The number of halogens is 2. The second-order valence-electron chi connectivity index (χ2n) is 5.25. The van der Waals surface area contributed by atoms with E-state index < -0.39 is 6.10 Å². The van der Waals surface area contributed by atoms with Crippen LogP contribution >= 0.6 is 11.6 Å². The summed E-state index contributed by atoms with van der Waals surface area (Å²) in [6.07, 6.45) is -0.666. The van der Waals surface area contributed by atoms with Crippen molar-refractivity contribution in [3.63, 3.8) is 0 Å². The summed E-state index contributed by atoms with van der Waals surface area (Å²) in [5.74, 6) is 0.520. The molecular weight excluding hydrogens is 333 g/mol. The van der Waals surface area contributed by atoms with E-state index >= 15 is 0 Å². The summed E-state index contributed by atoms with van der Waals surface area (Å²) in [6, 6.07) is 12.7. The Kier molecular flexibility index (Phi) is 6.44. The number of carbonyl (C=O) groups is 1. The van der Waals surface area contributed by atoms with Crippen molar-refractivity contribution in [3.8, 4) is 11.5 Å². The lowest BCUT2D eigenvalue weighted by atomic mass is 10.3. The second-order valence-corrected chi connectivity index (χ2v) is 5.66. The van der Waals surface area contributed by atoms with Gasteiger partial charge in [-0.2, -0.15) is 0 Å². The van der Waals surface area contributed by atoms with E-state index in [9.17, 15) is 9.18 Å². The fourth-order valence-electron chi connectivity index (χ4n) is 2.03. The van der Waals surface area contributed by atoms with Crippen LogP contribution in [0, 0.1) is 5.82 Å². The smallest absolute Gasteiger partial charge is 0.263 e. The van der Waals surface area contributed by atoms with Crippen molar-refractivity contribution in [2.45, 2.75) is 13.0 Å². The van der Waals surface area contributed by atoms with Gasteiger partial charge in [-0.25, -0.2) is 4.39 Å². The SMILES string of the molecule is CC(Oc1ccccc1Cl)C(=O)N(C)CCOc1ccc(F)cc1. The molecule has 24 heavy (non-hydrogen) atoms. The Balaban J connectivity index is 1.80. The first kappa shape index (κ1) is 18.1. The van der Waals surface area contributed by atoms with E-state index in [1.807, 2.05) is 0 Å². The molecule has 0 radical (unpaired) electrons. The molecule has 0 fully saturated rings. The fourth-order valence-corrected chi connectivity index (χ4v) is 2.21. The molecular formula is C18H19ClFNO3. The maximum atomic E-state index is 12.8. The highest BCUT2D eigenvalue weighted by Gasteiger charge is 2.20. The van der Waals surface area contributed by atoms with E-state index in [1.165, 1.54) is 17.0 Å². The zero-order valence-electron chi connectivity index (χ0n) is 13.5. The highest BCUT2D eigenvalue weighted by Crippen LogP contribution is 2.24. The first-order valence-corrected chi connectivity index (χ1v) is 7.89. The Morgan fingerprint density at radius 2 is 1.88 bits per heavy atom. The van der Waals surface area contributed by atoms with Gasteiger partial charge < -0.3 is 14.4 Å². The molecule has 128 valence electrons. The van der Waals surface area contributed by atoms with Gasteiger partial charge in [-0.1, -0.05) is 23.7 Å². The first-order valence-electron chi connectivity index (χ1n) is 7.52. The third kappa shape index (κ3) is 5.13. The molecule has 0 aliphatic rings. The predicted molar refractivity (Wildman–Crippen MR) is 91.1 cm³/mol. The number of hydrogen-bond acceptors (Lipinski definition) is 3. The first-order chi connectivity index (χ1) is 11.5. The second kappa shape index (κ2) is 8.55. The van der Waals surface area contributed by atoms with Crippen LogP contribution in [0.1, 0.15) is 6.92 Å². The summed E-state index contributed by atoms with van der Waals surface area (Å²) in [5.41, 5.74) is 0. The normalized spacial score (nSPS) is 11.7. The lowest BCUT2D eigenvalue weighted by Crippen LogP contribution is -2.40. The molecule has 1 amide bonds. The van der Waals surface area contributed by atoms with Gasteiger partial charge in [0.15, 0.2) is 6.10 Å². The van der Waals surface area contributed by atoms with E-state index in [2.05, 4.69) is 0 Å². The van der Waals surface area contributed by atoms with Gasteiger partial charge in [0, 0.05) is 7.05 Å². The summed E-state index contributed by atoms with van der Waals surface area (Å²) >= 11 is 6.02. The van der Waals surface area contributed by atoms with Crippen molar-refractivity contribution in [2.75, 3.05) is 20.2 Å². The topological polar surface area (TPSA) is 38.8 Å². The largest absolute Gasteiger partial charge is 0.492 e. The molecule has 0 saturated carbocycles. The van der Waals surface area contributed by atoms with Crippen LogP contribution in [0.5, 0.6) is 11.5 Å². The molecule has 0 aliphatic carbocycles. The quantitative estimate of drug-likeness (QED) is 0.762. The lowest BCUT2D eigenvalue weighted by molar-refractivity contribution is -0.136. The van der Waals surface area contributed by atoms with Crippen molar-refractivity contribution < 1.29 is 18.7 Å². The molecule has 0 spiro atoms. The minimum absolute atomic E-state index is 0.183. The number of likely N-dealkylation sites (N-methyl/N-ethyl adjacent to an activating group) is 1. The lowest BCUT2D eigenvalue weighted by Gasteiger charge is -2.22. The maximum Gasteiger partial charge on any atom is 0.263 e. The highest BCUT2D eigenvalue weighted by atomic mass is 35.5. The minimum Gasteiger partial charge on any atom is -0.492 e. The van der Waals surface area contributed by atoms with Crippen molar-refractivity contribution in [1.82, 2.24) is 4.90 Å². The molecule has 1 atom stereocenters. The van der Waals surface area contributed by atoms with Gasteiger partial charge in [-0.05, 0) is 43.3 Å². The molecule has 0 saturated heterocycles. The summed E-state index contributed by atoms with van der Waals surface area (Å²) in [7, 11) is 1.67. The van der Waals surface area contributed by atoms with Gasteiger partial charge >= 0.3 is 0 Å². The van der Waals surface area contributed by atoms with Gasteiger partial charge in [0.2, 0.25) is 0 Å². The Morgan fingerprint density at radius 1 is 1.21 bits per heavy atom. The Morgan fingerprint density at radius 3 is 2.54 bits per heavy atom. The Labute approximate surface area is 145 Å². The van der Waals surface area contributed by atoms with Crippen LogP contribution in [0.4, 0.5) is 4.39 Å². The molecule has 0 aliphatic heterocycles. The number of nitrogens with zero attached hydrogens (tertiary/aromatic N) is 1. The molecule has 1 unspecified atom stereocenters. The van der Waals surface area contributed by atoms with Crippen LogP contribution in [0.3, 0.4) is 0 Å². The monoisotopic (exact) mass is 351 g/mol. The molecule has 0 bridgehead atoms. The molecule has 0 heterocycles. The standard InChI is InChI=1S/C18H19ClFNO3/c1-13(24-17-6-4-3-5-16(17)19)18(22)21(2)11-12-23-15-9-7-14(20)8-10-15/h3-10,13H,11-12H2,1-2H3. The van der Waals surface area contributed by atoms with Gasteiger partial charge in [0.25, 0.3) is 5.91 Å². The third-order valence-corrected chi connectivity index (χ3v) is 3.69. The zero-order chi connectivity index (χ0) is 17.5. The molecule has 4 nitrogen and oxygen atoms in total. The fraction of sp³-hybridized carbons (Fsp3) is 0.278. The van der Waals surface area contributed by atoms with Crippen molar-refractivity contribution in [1.29, 1.82) is 0 Å². The average molecular weight is 352 g/mol. The number of rotatable bonds is 7. The van der Waals surface area contributed by atoms with Crippen molar-refractivity contribution >= 4 is 17.5 Å². The van der Waals surface area contributed by atoms with E-state index in [0.29, 0.717) is 29.7 Å². The van der Waals surface area contributed by atoms with E-state index in [-0.39, 0.29) is 11.7 Å². The van der Waals surface area contributed by atoms with Gasteiger partial charge in [-0.15, -0.1) is 0 Å². The Bertz CT molecular complexity index is 678. The molecule has 6 heteroatoms. The minimum atomic E-state index is -0.666. The Hall–Kier alpha value is -2.27. The summed E-state index contributed by atoms with van der Waals surface area (Å²) < 4.78 is 23.9. The van der Waals surface area contributed by atoms with Crippen molar-refractivity contribution in [3.05, 3.63) is 59.4 Å². The molecule has 2 aromatic rings. The number of para-hydroxylation sites is 1. The van der Waals surface area contributed by atoms with Gasteiger partial charge in [-0.3, -0.25) is 4.79 Å². The number of ether oxygens (including phenoxy) is 2. The average Bonchev–Trinajstić information content (AvgIpc) is 2.58. The molecule has 2 rings (SSSR count). The van der Waals surface area contributed by atoms with Crippen LogP contribution < -0.4 is 9.47 Å². The summed E-state index contributed by atoms with van der Waals surface area (Å²) in [5, 5.41) is 0.458. The molecule has 0 N–H and O–H groups in total. The number of amides is 1. The number of hydrogen-bond donors (Lipinski definition) is 0. The van der Waals surface area contributed by atoms with Crippen LogP contribution in [0.25, 0.3) is 0 Å². The van der Waals surface area contributed by atoms with Gasteiger partial charge in [0.1, 0.15) is 23.9 Å². The summed E-state index contributed by atoms with van der Waals surface area (Å²) in [4.78, 5) is 13.8. The zero-order valence-corrected chi connectivity index (χ0v) is 14.3. The van der Waals surface area contributed by atoms with E-state index in [0.717, 1.165) is 0 Å². The highest BCUT2D eigenvalue weighted by molar-refractivity contribution is 6.32. The third-order valence-electron chi connectivity index (χ3n) is 3.37. The van der Waals surface area contributed by atoms with Gasteiger partial charge in [0.05, 0.1) is 11.6 Å². The van der Waals surface area contributed by atoms with Crippen LogP contribution in [-0.2, 0) is 4.79 Å². The van der Waals surface area contributed by atoms with Crippen LogP contribution in [0.2, 0.25) is 5.02 Å². The number of benzene rings is 2. The van der Waals surface area contributed by atoms with E-state index in [1.54, 1.807) is 50.4 Å². The molecule has 2 aromatic carbocycles. The van der Waals surface area contributed by atoms with Crippen LogP contribution in [0.15, 0.2) is 48.5 Å². The van der Waals surface area contributed by atoms with E-state index in [4.69, 9.17) is 21.1 Å². The maximum absolute atomic E-state index is 12.8. The van der Waals surface area contributed by atoms with Crippen molar-refractivity contribution in [2.24, 2.45) is 0 Å². The van der Waals surface area contributed by atoms with Crippen LogP contribution in [-0.4, -0.2) is 37.1 Å². The number of carbonyl (C=O) groups excluding carboxylic acids is 1.